The van der Waals surface area contributed by atoms with Gasteiger partial charge in [0.15, 0.2) is 0 Å². The second kappa shape index (κ2) is 6.37. The summed E-state index contributed by atoms with van der Waals surface area (Å²) in [5.74, 6) is -0.306. The molecule has 0 aliphatic heterocycles. The van der Waals surface area contributed by atoms with Crippen LogP contribution in [-0.2, 0) is 9.59 Å². The van der Waals surface area contributed by atoms with E-state index in [9.17, 15) is 9.59 Å². The highest BCUT2D eigenvalue weighted by molar-refractivity contribution is 5.83. The lowest BCUT2D eigenvalue weighted by atomic mass is 10.2. The van der Waals surface area contributed by atoms with Crippen LogP contribution in [-0.4, -0.2) is 48.6 Å². The largest absolute Gasteiger partial charge is 0.396 e. The molecule has 0 spiro atoms. The summed E-state index contributed by atoms with van der Waals surface area (Å²) >= 11 is 0. The van der Waals surface area contributed by atoms with Gasteiger partial charge in [0, 0.05) is 27.1 Å². The van der Waals surface area contributed by atoms with Crippen LogP contribution in [0.5, 0.6) is 0 Å². The molecule has 2 N–H and O–H groups in total. The Bertz CT molecular complexity index is 206. The second-order valence-corrected chi connectivity index (χ2v) is 3.47. The monoisotopic (exact) mass is 202 g/mol. The Morgan fingerprint density at radius 1 is 1.50 bits per heavy atom. The Morgan fingerprint density at radius 3 is 2.50 bits per heavy atom. The van der Waals surface area contributed by atoms with E-state index in [1.807, 2.05) is 6.92 Å². The van der Waals surface area contributed by atoms with E-state index in [0.717, 1.165) is 0 Å². The van der Waals surface area contributed by atoms with Crippen LogP contribution in [0.25, 0.3) is 0 Å². The van der Waals surface area contributed by atoms with Crippen LogP contribution in [0.3, 0.4) is 0 Å². The molecule has 1 atom stereocenters. The van der Waals surface area contributed by atoms with E-state index in [4.69, 9.17) is 5.11 Å². The molecule has 0 aliphatic rings. The van der Waals surface area contributed by atoms with Crippen molar-refractivity contribution in [2.24, 2.45) is 5.92 Å². The highest BCUT2D eigenvalue weighted by atomic mass is 16.3. The smallest absolute Gasteiger partial charge is 0.239 e. The van der Waals surface area contributed by atoms with Crippen LogP contribution < -0.4 is 5.32 Å². The predicted molar refractivity (Wildman–Crippen MR) is 52.6 cm³/mol. The average molecular weight is 202 g/mol. The van der Waals surface area contributed by atoms with Gasteiger partial charge in [0.25, 0.3) is 0 Å². The summed E-state index contributed by atoms with van der Waals surface area (Å²) in [6.07, 6.45) is 0. The van der Waals surface area contributed by atoms with Gasteiger partial charge in [0.05, 0.1) is 6.54 Å². The summed E-state index contributed by atoms with van der Waals surface area (Å²) < 4.78 is 0. The summed E-state index contributed by atoms with van der Waals surface area (Å²) in [5, 5.41) is 11.3. The molecule has 5 nitrogen and oxygen atoms in total. The topological polar surface area (TPSA) is 69.6 Å². The van der Waals surface area contributed by atoms with Gasteiger partial charge in [-0.15, -0.1) is 0 Å². The lowest BCUT2D eigenvalue weighted by Gasteiger charge is -2.15. The third-order valence-corrected chi connectivity index (χ3v) is 1.88. The van der Waals surface area contributed by atoms with Crippen molar-refractivity contribution in [1.82, 2.24) is 10.2 Å². The van der Waals surface area contributed by atoms with Crippen LogP contribution in [0.15, 0.2) is 0 Å². The normalized spacial score (nSPS) is 12.0. The van der Waals surface area contributed by atoms with Gasteiger partial charge in [0.2, 0.25) is 11.8 Å². The van der Waals surface area contributed by atoms with E-state index in [1.54, 1.807) is 7.05 Å². The van der Waals surface area contributed by atoms with E-state index in [-0.39, 0.29) is 30.9 Å². The molecule has 0 aromatic heterocycles. The molecule has 0 saturated carbocycles. The van der Waals surface area contributed by atoms with Crippen molar-refractivity contribution in [2.45, 2.75) is 13.8 Å². The molecule has 0 bridgehead atoms. The lowest BCUT2D eigenvalue weighted by Crippen LogP contribution is -2.39. The van der Waals surface area contributed by atoms with Crippen LogP contribution in [0.4, 0.5) is 0 Å². The molecule has 5 heteroatoms. The Kier molecular flexibility index (Phi) is 5.87. The van der Waals surface area contributed by atoms with Gasteiger partial charge in [0.1, 0.15) is 0 Å². The van der Waals surface area contributed by atoms with Crippen molar-refractivity contribution >= 4 is 11.8 Å². The Balaban J connectivity index is 3.71. The molecular formula is C9H18N2O3. The first kappa shape index (κ1) is 12.9. The molecule has 0 fully saturated rings. The fourth-order valence-electron chi connectivity index (χ4n) is 0.735. The van der Waals surface area contributed by atoms with Crippen LogP contribution in [0.2, 0.25) is 0 Å². The maximum absolute atomic E-state index is 11.2. The number of nitrogens with one attached hydrogen (secondary N) is 1. The number of carbonyl (C=O) groups excluding carboxylic acids is 2. The molecule has 82 valence electrons. The second-order valence-electron chi connectivity index (χ2n) is 3.47. The molecule has 14 heavy (non-hydrogen) atoms. The predicted octanol–water partition coefficient (Wildman–Crippen LogP) is -0.791. The molecule has 1 unspecified atom stereocenters. The van der Waals surface area contributed by atoms with Crippen LogP contribution in [0.1, 0.15) is 13.8 Å². The Labute approximate surface area is 84.1 Å². The lowest BCUT2D eigenvalue weighted by molar-refractivity contribution is -0.133. The minimum atomic E-state index is -0.206. The first-order valence-corrected chi connectivity index (χ1v) is 4.56. The first-order valence-electron chi connectivity index (χ1n) is 4.56. The quantitative estimate of drug-likeness (QED) is 0.614. The summed E-state index contributed by atoms with van der Waals surface area (Å²) in [4.78, 5) is 23.3. The molecule has 0 radical (unpaired) electrons. The molecule has 0 rings (SSSR count). The maximum Gasteiger partial charge on any atom is 0.239 e. The van der Waals surface area contributed by atoms with Gasteiger partial charge in [-0.25, -0.2) is 0 Å². The van der Waals surface area contributed by atoms with Crippen molar-refractivity contribution < 1.29 is 14.7 Å². The molecule has 0 aliphatic carbocycles. The minimum Gasteiger partial charge on any atom is -0.396 e. The number of hydrogen-bond acceptors (Lipinski definition) is 3. The number of nitrogens with zero attached hydrogens (tertiary/aromatic N) is 1. The van der Waals surface area contributed by atoms with Gasteiger partial charge < -0.3 is 15.3 Å². The van der Waals surface area contributed by atoms with Gasteiger partial charge in [-0.05, 0) is 5.92 Å². The summed E-state index contributed by atoms with van der Waals surface area (Å²) in [6, 6.07) is 0. The number of rotatable bonds is 5. The van der Waals surface area contributed by atoms with Gasteiger partial charge >= 0.3 is 0 Å². The third kappa shape index (κ3) is 5.53. The highest BCUT2D eigenvalue weighted by Crippen LogP contribution is 1.89. The molecule has 0 aromatic rings. The highest BCUT2D eigenvalue weighted by Gasteiger charge is 2.09. The summed E-state index contributed by atoms with van der Waals surface area (Å²) in [6.45, 7) is 3.77. The van der Waals surface area contributed by atoms with E-state index in [2.05, 4.69) is 5.32 Å². The van der Waals surface area contributed by atoms with E-state index in [0.29, 0.717) is 6.54 Å². The maximum atomic E-state index is 11.2. The number of likely N-dealkylation sites (N-methyl/N-ethyl adjacent to an activating group) is 1. The van der Waals surface area contributed by atoms with E-state index in [1.165, 1.54) is 11.8 Å². The average Bonchev–Trinajstić information content (AvgIpc) is 2.13. The number of carbonyl (C=O) groups is 2. The Hall–Kier alpha value is -1.10. The summed E-state index contributed by atoms with van der Waals surface area (Å²) in [7, 11) is 1.57. The molecule has 0 saturated heterocycles. The molecular weight excluding hydrogens is 184 g/mol. The molecule has 0 aromatic carbocycles. The van der Waals surface area contributed by atoms with Gasteiger partial charge in [-0.2, -0.15) is 0 Å². The van der Waals surface area contributed by atoms with Gasteiger partial charge in [-0.3, -0.25) is 9.59 Å². The fourth-order valence-corrected chi connectivity index (χ4v) is 0.735. The van der Waals surface area contributed by atoms with Crippen molar-refractivity contribution in [3.63, 3.8) is 0 Å². The van der Waals surface area contributed by atoms with Crippen LogP contribution in [0, 0.1) is 5.92 Å². The van der Waals surface area contributed by atoms with Gasteiger partial charge in [-0.1, -0.05) is 6.92 Å². The van der Waals surface area contributed by atoms with E-state index >= 15 is 0 Å². The number of aliphatic hydroxyl groups excluding tert-OH is 1. The molecule has 0 heterocycles. The zero-order chi connectivity index (χ0) is 11.1. The minimum absolute atomic E-state index is 0.0431. The number of amides is 2. The van der Waals surface area contributed by atoms with Crippen LogP contribution >= 0.6 is 0 Å². The molecule has 2 amide bonds. The zero-order valence-electron chi connectivity index (χ0n) is 8.91. The summed E-state index contributed by atoms with van der Waals surface area (Å²) in [5.41, 5.74) is 0. The van der Waals surface area contributed by atoms with Crippen molar-refractivity contribution in [3.8, 4) is 0 Å². The number of aliphatic hydroxyl groups is 1. The standard InChI is InChI=1S/C9H18N2O3/c1-7(6-12)4-10-9(14)5-11(3)8(2)13/h7,12H,4-6H2,1-3H3,(H,10,14). The van der Waals surface area contributed by atoms with Crippen molar-refractivity contribution in [3.05, 3.63) is 0 Å². The van der Waals surface area contributed by atoms with Crippen molar-refractivity contribution in [1.29, 1.82) is 0 Å². The zero-order valence-corrected chi connectivity index (χ0v) is 8.91. The SMILES string of the molecule is CC(=O)N(C)CC(=O)NCC(C)CO. The number of hydrogen-bond donors (Lipinski definition) is 2. The first-order chi connectivity index (χ1) is 6.47. The van der Waals surface area contributed by atoms with E-state index < -0.39 is 0 Å². The third-order valence-electron chi connectivity index (χ3n) is 1.88. The Morgan fingerprint density at radius 2 is 2.07 bits per heavy atom. The fraction of sp³-hybridized carbons (Fsp3) is 0.778. The van der Waals surface area contributed by atoms with Crippen molar-refractivity contribution in [2.75, 3.05) is 26.7 Å².